The first-order valence-corrected chi connectivity index (χ1v) is 11.9. The molecule has 1 aromatic rings. The molecule has 8 heteroatoms. The molecule has 0 bridgehead atoms. The molecular formula is C22H38N2O5S. The second kappa shape index (κ2) is 11.6. The lowest BCUT2D eigenvalue weighted by Gasteiger charge is -2.33. The van der Waals surface area contributed by atoms with Gasteiger partial charge in [0.25, 0.3) is 0 Å². The van der Waals surface area contributed by atoms with Crippen LogP contribution in [0.15, 0.2) is 29.2 Å². The first-order chi connectivity index (χ1) is 13.9. The predicted octanol–water partition coefficient (Wildman–Crippen LogP) is 4.28. The SMILES string of the molecule is COc1ccc(S(=O)(=O)N(CC(C)C)CC(C)(C)CCCNC(=O)OC(C)C)cc1. The third-order valence-corrected chi connectivity index (χ3v) is 6.34. The van der Waals surface area contributed by atoms with Crippen LogP contribution in [-0.4, -0.2) is 51.7 Å². The second-order valence-electron chi connectivity index (χ2n) is 9.02. The number of methoxy groups -OCH3 is 1. The molecule has 0 aliphatic rings. The molecule has 0 aromatic heterocycles. The highest BCUT2D eigenvalue weighted by atomic mass is 32.2. The Morgan fingerprint density at radius 2 is 1.73 bits per heavy atom. The average Bonchev–Trinajstić information content (AvgIpc) is 2.63. The number of hydrogen-bond acceptors (Lipinski definition) is 5. The summed E-state index contributed by atoms with van der Waals surface area (Å²) in [6.07, 6.45) is 0.917. The Bertz CT molecular complexity index is 758. The lowest BCUT2D eigenvalue weighted by Crippen LogP contribution is -2.41. The van der Waals surface area contributed by atoms with Crippen molar-refractivity contribution >= 4 is 16.1 Å². The molecular weight excluding hydrogens is 404 g/mol. The molecule has 0 aliphatic carbocycles. The van der Waals surface area contributed by atoms with Crippen LogP contribution in [0, 0.1) is 11.3 Å². The number of carbonyl (C=O) groups excluding carboxylic acids is 1. The zero-order valence-corrected chi connectivity index (χ0v) is 20.2. The minimum atomic E-state index is -3.62. The van der Waals surface area contributed by atoms with Crippen LogP contribution in [0.2, 0.25) is 0 Å². The van der Waals surface area contributed by atoms with Gasteiger partial charge in [-0.05, 0) is 62.3 Å². The Morgan fingerprint density at radius 3 is 2.23 bits per heavy atom. The number of amides is 1. The summed E-state index contributed by atoms with van der Waals surface area (Å²) in [6, 6.07) is 6.48. The van der Waals surface area contributed by atoms with Crippen molar-refractivity contribution in [1.82, 2.24) is 9.62 Å². The Labute approximate surface area is 182 Å². The van der Waals surface area contributed by atoms with Crippen molar-refractivity contribution in [2.45, 2.75) is 65.4 Å². The van der Waals surface area contributed by atoms with Gasteiger partial charge in [-0.1, -0.05) is 27.7 Å². The number of ether oxygens (including phenoxy) is 2. The smallest absolute Gasteiger partial charge is 0.407 e. The van der Waals surface area contributed by atoms with Crippen LogP contribution in [-0.2, 0) is 14.8 Å². The van der Waals surface area contributed by atoms with Crippen LogP contribution in [0.25, 0.3) is 0 Å². The summed E-state index contributed by atoms with van der Waals surface area (Å²) >= 11 is 0. The summed E-state index contributed by atoms with van der Waals surface area (Å²) in [6.45, 7) is 13.1. The maximum absolute atomic E-state index is 13.3. The zero-order valence-electron chi connectivity index (χ0n) is 19.4. The predicted molar refractivity (Wildman–Crippen MR) is 119 cm³/mol. The van der Waals surface area contributed by atoms with Gasteiger partial charge in [-0.3, -0.25) is 0 Å². The average molecular weight is 443 g/mol. The largest absolute Gasteiger partial charge is 0.497 e. The molecule has 172 valence electrons. The molecule has 0 spiro atoms. The zero-order chi connectivity index (χ0) is 22.9. The van der Waals surface area contributed by atoms with E-state index in [1.54, 1.807) is 49.5 Å². The third kappa shape index (κ3) is 8.92. The molecule has 7 nitrogen and oxygen atoms in total. The summed E-state index contributed by atoms with van der Waals surface area (Å²) in [4.78, 5) is 11.8. The van der Waals surface area contributed by atoms with Crippen molar-refractivity contribution in [3.05, 3.63) is 24.3 Å². The molecule has 0 aliphatic heterocycles. The third-order valence-electron chi connectivity index (χ3n) is 4.51. The van der Waals surface area contributed by atoms with Gasteiger partial charge in [0, 0.05) is 19.6 Å². The summed E-state index contributed by atoms with van der Waals surface area (Å²) in [5.41, 5.74) is -0.252. The van der Waals surface area contributed by atoms with Gasteiger partial charge in [-0.15, -0.1) is 0 Å². The maximum Gasteiger partial charge on any atom is 0.407 e. The van der Waals surface area contributed by atoms with E-state index in [0.717, 1.165) is 12.8 Å². The van der Waals surface area contributed by atoms with Gasteiger partial charge in [0.05, 0.1) is 18.1 Å². The van der Waals surface area contributed by atoms with E-state index in [4.69, 9.17) is 9.47 Å². The molecule has 0 saturated carbocycles. The number of nitrogens with zero attached hydrogens (tertiary/aromatic N) is 1. The van der Waals surface area contributed by atoms with Crippen molar-refractivity contribution in [3.63, 3.8) is 0 Å². The van der Waals surface area contributed by atoms with Gasteiger partial charge in [0.2, 0.25) is 10.0 Å². The van der Waals surface area contributed by atoms with E-state index in [0.29, 0.717) is 25.4 Å². The molecule has 0 fully saturated rings. The number of rotatable bonds is 12. The molecule has 0 atom stereocenters. The van der Waals surface area contributed by atoms with Crippen molar-refractivity contribution in [2.24, 2.45) is 11.3 Å². The van der Waals surface area contributed by atoms with Crippen LogP contribution in [0.5, 0.6) is 5.75 Å². The van der Waals surface area contributed by atoms with E-state index in [2.05, 4.69) is 19.2 Å². The fourth-order valence-electron chi connectivity index (χ4n) is 3.12. The van der Waals surface area contributed by atoms with Gasteiger partial charge in [0.15, 0.2) is 0 Å². The topological polar surface area (TPSA) is 84.9 Å². The lowest BCUT2D eigenvalue weighted by atomic mass is 9.87. The monoisotopic (exact) mass is 442 g/mol. The van der Waals surface area contributed by atoms with Gasteiger partial charge in [-0.2, -0.15) is 4.31 Å². The standard InChI is InChI=1S/C22H38N2O5S/c1-17(2)15-24(30(26,27)20-11-9-19(28-7)10-12-20)16-22(5,6)13-8-14-23-21(25)29-18(3)4/h9-12,17-18H,8,13-16H2,1-7H3,(H,23,25). The minimum Gasteiger partial charge on any atom is -0.497 e. The molecule has 1 rings (SSSR count). The number of carbonyl (C=O) groups is 1. The Hall–Kier alpha value is -1.80. The van der Waals surface area contributed by atoms with E-state index < -0.39 is 16.1 Å². The van der Waals surface area contributed by atoms with E-state index in [9.17, 15) is 13.2 Å². The van der Waals surface area contributed by atoms with Gasteiger partial charge < -0.3 is 14.8 Å². The number of alkyl carbamates (subject to hydrolysis) is 1. The molecule has 1 amide bonds. The number of sulfonamides is 1. The second-order valence-corrected chi connectivity index (χ2v) is 11.0. The fraction of sp³-hybridized carbons (Fsp3) is 0.682. The molecule has 1 N–H and O–H groups in total. The summed E-state index contributed by atoms with van der Waals surface area (Å²) in [7, 11) is -2.07. The highest BCUT2D eigenvalue weighted by molar-refractivity contribution is 7.89. The van der Waals surface area contributed by atoms with Crippen LogP contribution < -0.4 is 10.1 Å². The molecule has 0 heterocycles. The van der Waals surface area contributed by atoms with E-state index in [1.807, 2.05) is 13.8 Å². The highest BCUT2D eigenvalue weighted by Gasteiger charge is 2.31. The summed E-state index contributed by atoms with van der Waals surface area (Å²) in [5, 5.41) is 2.73. The van der Waals surface area contributed by atoms with Crippen LogP contribution in [0.3, 0.4) is 0 Å². The number of hydrogen-bond donors (Lipinski definition) is 1. The molecule has 0 saturated heterocycles. The Morgan fingerprint density at radius 1 is 1.13 bits per heavy atom. The summed E-state index contributed by atoms with van der Waals surface area (Å²) < 4.78 is 38.3. The first-order valence-electron chi connectivity index (χ1n) is 10.5. The Balaban J connectivity index is 2.80. The fourth-order valence-corrected chi connectivity index (χ4v) is 4.91. The normalized spacial score (nSPS) is 12.5. The van der Waals surface area contributed by atoms with E-state index >= 15 is 0 Å². The minimum absolute atomic E-state index is 0.158. The molecule has 0 radical (unpaired) electrons. The molecule has 30 heavy (non-hydrogen) atoms. The van der Waals surface area contributed by atoms with Gasteiger partial charge >= 0.3 is 6.09 Å². The lowest BCUT2D eigenvalue weighted by molar-refractivity contribution is 0.115. The highest BCUT2D eigenvalue weighted by Crippen LogP contribution is 2.28. The molecule has 0 unspecified atom stereocenters. The van der Waals surface area contributed by atoms with Crippen LogP contribution in [0.1, 0.15) is 54.4 Å². The van der Waals surface area contributed by atoms with Crippen LogP contribution >= 0.6 is 0 Å². The number of benzene rings is 1. The van der Waals surface area contributed by atoms with Gasteiger partial charge in [-0.25, -0.2) is 13.2 Å². The van der Waals surface area contributed by atoms with Gasteiger partial charge in [0.1, 0.15) is 5.75 Å². The van der Waals surface area contributed by atoms with Crippen molar-refractivity contribution in [3.8, 4) is 5.75 Å². The van der Waals surface area contributed by atoms with E-state index in [1.165, 1.54) is 0 Å². The van der Waals surface area contributed by atoms with Crippen molar-refractivity contribution in [2.75, 3.05) is 26.7 Å². The number of nitrogens with one attached hydrogen (secondary N) is 1. The first kappa shape index (κ1) is 26.2. The maximum atomic E-state index is 13.3. The Kier molecular flexibility index (Phi) is 10.1. The quantitative estimate of drug-likeness (QED) is 0.488. The van der Waals surface area contributed by atoms with Crippen LogP contribution in [0.4, 0.5) is 4.79 Å². The van der Waals surface area contributed by atoms with Crippen molar-refractivity contribution in [1.29, 1.82) is 0 Å². The van der Waals surface area contributed by atoms with E-state index in [-0.39, 0.29) is 22.3 Å². The van der Waals surface area contributed by atoms with Crippen molar-refractivity contribution < 1.29 is 22.7 Å². The summed E-state index contributed by atoms with van der Waals surface area (Å²) in [5.74, 6) is 0.814. The molecule has 1 aromatic carbocycles.